The number of hydrogen-bond donors (Lipinski definition) is 2. The van der Waals surface area contributed by atoms with Gasteiger partial charge in [-0.2, -0.15) is 0 Å². The summed E-state index contributed by atoms with van der Waals surface area (Å²) in [6.07, 6.45) is 2.71. The van der Waals surface area contributed by atoms with Crippen molar-refractivity contribution in [3.05, 3.63) is 90.1 Å². The van der Waals surface area contributed by atoms with E-state index in [9.17, 15) is 4.79 Å². The number of hydrogen-bond acceptors (Lipinski definition) is 5. The Bertz CT molecular complexity index is 1490. The quantitative estimate of drug-likeness (QED) is 0.274. The Morgan fingerprint density at radius 3 is 2.69 bits per heavy atom. The van der Waals surface area contributed by atoms with Crippen LogP contribution in [-0.2, 0) is 11.2 Å². The minimum absolute atomic E-state index is 0.0408. The number of carbonyl (C=O) groups is 1. The molecule has 5 rings (SSSR count). The number of nitrogens with one attached hydrogen (secondary N) is 2. The molecule has 8 heteroatoms. The number of carbonyl (C=O) groups excluding carboxylic acids is 1. The number of aromatic amines is 1. The smallest absolute Gasteiger partial charge is 0.230 e. The van der Waals surface area contributed by atoms with Gasteiger partial charge in [0.2, 0.25) is 5.91 Å². The molecule has 2 N–H and O–H groups in total. The first-order valence-electron chi connectivity index (χ1n) is 11.7. The third kappa shape index (κ3) is 5.13. The second kappa shape index (κ2) is 10.7. The first-order valence-corrected chi connectivity index (χ1v) is 12.7. The summed E-state index contributed by atoms with van der Waals surface area (Å²) in [4.78, 5) is 15.9. The second-order valence-corrected chi connectivity index (χ2v) is 9.41. The van der Waals surface area contributed by atoms with Crippen molar-refractivity contribution in [2.45, 2.75) is 18.5 Å². The number of nitrogens with zero attached hydrogens (tertiary/aromatic N) is 3. The van der Waals surface area contributed by atoms with Crippen LogP contribution in [0.2, 0.25) is 0 Å². The van der Waals surface area contributed by atoms with Gasteiger partial charge in [-0.25, -0.2) is 0 Å². The van der Waals surface area contributed by atoms with E-state index < -0.39 is 0 Å². The molecule has 0 aliphatic heterocycles. The summed E-state index contributed by atoms with van der Waals surface area (Å²) < 4.78 is 7.22. The lowest BCUT2D eigenvalue weighted by atomic mass is 10.1. The molecule has 182 valence electrons. The van der Waals surface area contributed by atoms with E-state index in [2.05, 4.69) is 45.6 Å². The van der Waals surface area contributed by atoms with E-state index >= 15 is 0 Å². The second-order valence-electron chi connectivity index (χ2n) is 8.47. The summed E-state index contributed by atoms with van der Waals surface area (Å²) in [7, 11) is 1.65. The number of thioether (sulfide) groups is 1. The average Bonchev–Trinajstić information content (AvgIpc) is 3.52. The van der Waals surface area contributed by atoms with Crippen LogP contribution < -0.4 is 10.1 Å². The number of aryl methyl sites for hydroxylation is 1. The zero-order valence-electron chi connectivity index (χ0n) is 20.2. The van der Waals surface area contributed by atoms with E-state index in [-0.39, 0.29) is 11.7 Å². The van der Waals surface area contributed by atoms with Crippen molar-refractivity contribution in [1.29, 1.82) is 0 Å². The van der Waals surface area contributed by atoms with E-state index in [4.69, 9.17) is 4.74 Å². The fraction of sp³-hybridized carbons (Fsp3) is 0.179. The number of amides is 1. The van der Waals surface area contributed by atoms with Crippen molar-refractivity contribution in [3.63, 3.8) is 0 Å². The molecule has 0 saturated heterocycles. The van der Waals surface area contributed by atoms with Gasteiger partial charge < -0.3 is 15.0 Å². The molecule has 2 heterocycles. The lowest BCUT2D eigenvalue weighted by Gasteiger charge is -2.11. The van der Waals surface area contributed by atoms with Crippen LogP contribution in [0.4, 0.5) is 0 Å². The Morgan fingerprint density at radius 1 is 1.06 bits per heavy atom. The maximum Gasteiger partial charge on any atom is 0.230 e. The first kappa shape index (κ1) is 23.7. The minimum atomic E-state index is -0.0408. The van der Waals surface area contributed by atoms with Gasteiger partial charge in [0.25, 0.3) is 0 Å². The SMILES string of the molecule is COc1ccc(CCNC(=O)CSc2nnc(-c3c[nH]c4ccccc34)n2-c2cccc(C)c2)cc1. The van der Waals surface area contributed by atoms with Crippen LogP contribution in [0.5, 0.6) is 5.75 Å². The van der Waals surface area contributed by atoms with Crippen molar-refractivity contribution in [2.75, 3.05) is 19.4 Å². The van der Waals surface area contributed by atoms with E-state index in [1.165, 1.54) is 11.8 Å². The van der Waals surface area contributed by atoms with Crippen LogP contribution in [-0.4, -0.2) is 45.1 Å². The van der Waals surface area contributed by atoms with E-state index in [1.54, 1.807) is 7.11 Å². The van der Waals surface area contributed by atoms with Crippen LogP contribution in [0.3, 0.4) is 0 Å². The molecule has 7 nitrogen and oxygen atoms in total. The highest BCUT2D eigenvalue weighted by Crippen LogP contribution is 2.32. The van der Waals surface area contributed by atoms with Crippen LogP contribution in [0, 0.1) is 6.92 Å². The zero-order valence-corrected chi connectivity index (χ0v) is 21.0. The molecule has 0 radical (unpaired) electrons. The highest BCUT2D eigenvalue weighted by Gasteiger charge is 2.19. The predicted octanol–water partition coefficient (Wildman–Crippen LogP) is 5.18. The molecule has 0 fully saturated rings. The molecule has 0 spiro atoms. The lowest BCUT2D eigenvalue weighted by molar-refractivity contribution is -0.118. The molecule has 0 aliphatic carbocycles. The number of benzene rings is 3. The Balaban J connectivity index is 1.32. The van der Waals surface area contributed by atoms with Gasteiger partial charge in [-0.1, -0.05) is 54.2 Å². The summed E-state index contributed by atoms with van der Waals surface area (Å²) >= 11 is 1.38. The molecular formula is C28H27N5O2S. The first-order chi connectivity index (χ1) is 17.6. The zero-order chi connectivity index (χ0) is 24.9. The van der Waals surface area contributed by atoms with Crippen LogP contribution in [0.25, 0.3) is 28.0 Å². The number of aromatic nitrogens is 4. The molecule has 0 unspecified atom stereocenters. The lowest BCUT2D eigenvalue weighted by Crippen LogP contribution is -2.27. The molecule has 1 amide bonds. The Morgan fingerprint density at radius 2 is 1.89 bits per heavy atom. The summed E-state index contributed by atoms with van der Waals surface area (Å²) in [5.74, 6) is 1.77. The standard InChI is InChI=1S/C28H27N5O2S/c1-19-6-5-7-21(16-19)33-27(24-17-30-25-9-4-3-8-23(24)25)31-32-28(33)36-18-26(34)29-15-14-20-10-12-22(35-2)13-11-20/h3-13,16-17,30H,14-15,18H2,1-2H3,(H,29,34). The van der Waals surface area contributed by atoms with Gasteiger partial charge in [0.1, 0.15) is 5.75 Å². The Kier molecular flexibility index (Phi) is 7.04. The van der Waals surface area contributed by atoms with Crippen molar-refractivity contribution in [3.8, 4) is 22.8 Å². The normalized spacial score (nSPS) is 11.1. The van der Waals surface area contributed by atoms with Gasteiger partial charge in [-0.3, -0.25) is 9.36 Å². The molecule has 3 aromatic carbocycles. The molecule has 0 atom stereocenters. The van der Waals surface area contributed by atoms with Gasteiger partial charge in [0.15, 0.2) is 11.0 Å². The van der Waals surface area contributed by atoms with Crippen molar-refractivity contribution in [2.24, 2.45) is 0 Å². The molecule has 0 bridgehead atoms. The van der Waals surface area contributed by atoms with Crippen molar-refractivity contribution < 1.29 is 9.53 Å². The third-order valence-electron chi connectivity index (χ3n) is 5.95. The summed E-state index contributed by atoms with van der Waals surface area (Å²) in [5, 5.41) is 13.8. The van der Waals surface area contributed by atoms with Gasteiger partial charge in [0, 0.05) is 34.9 Å². The monoisotopic (exact) mass is 497 g/mol. The molecule has 36 heavy (non-hydrogen) atoms. The van der Waals surface area contributed by atoms with Crippen LogP contribution >= 0.6 is 11.8 Å². The fourth-order valence-electron chi connectivity index (χ4n) is 4.11. The predicted molar refractivity (Wildman–Crippen MR) is 144 cm³/mol. The average molecular weight is 498 g/mol. The van der Waals surface area contributed by atoms with Gasteiger partial charge in [0.05, 0.1) is 12.9 Å². The van der Waals surface area contributed by atoms with Crippen LogP contribution in [0.1, 0.15) is 11.1 Å². The summed E-state index contributed by atoms with van der Waals surface area (Å²) in [6, 6.07) is 24.2. The highest BCUT2D eigenvalue weighted by molar-refractivity contribution is 7.99. The number of para-hydroxylation sites is 1. The molecular weight excluding hydrogens is 470 g/mol. The van der Waals surface area contributed by atoms with Gasteiger partial charge >= 0.3 is 0 Å². The summed E-state index contributed by atoms with van der Waals surface area (Å²) in [6.45, 7) is 2.62. The summed E-state index contributed by atoms with van der Waals surface area (Å²) in [5.41, 5.74) is 5.25. The number of fused-ring (bicyclic) bond motifs is 1. The molecule has 0 saturated carbocycles. The van der Waals surface area contributed by atoms with Crippen molar-refractivity contribution in [1.82, 2.24) is 25.1 Å². The van der Waals surface area contributed by atoms with Gasteiger partial charge in [-0.15, -0.1) is 10.2 Å². The van der Waals surface area contributed by atoms with Crippen LogP contribution in [0.15, 0.2) is 84.1 Å². The number of H-pyrrole nitrogens is 1. The number of ether oxygens (including phenoxy) is 1. The number of rotatable bonds is 9. The molecule has 5 aromatic rings. The van der Waals surface area contributed by atoms with Gasteiger partial charge in [-0.05, 0) is 54.8 Å². The third-order valence-corrected chi connectivity index (χ3v) is 6.88. The van der Waals surface area contributed by atoms with E-state index in [1.807, 2.05) is 65.4 Å². The minimum Gasteiger partial charge on any atom is -0.497 e. The highest BCUT2D eigenvalue weighted by atomic mass is 32.2. The van der Waals surface area contributed by atoms with E-state index in [0.717, 1.165) is 51.3 Å². The maximum atomic E-state index is 12.6. The molecule has 2 aromatic heterocycles. The maximum absolute atomic E-state index is 12.6. The topological polar surface area (TPSA) is 84.8 Å². The fourth-order valence-corrected chi connectivity index (χ4v) is 4.90. The Hall–Kier alpha value is -4.04. The molecule has 0 aliphatic rings. The van der Waals surface area contributed by atoms with E-state index in [0.29, 0.717) is 11.7 Å². The number of methoxy groups -OCH3 is 1. The van der Waals surface area contributed by atoms with Crippen molar-refractivity contribution >= 4 is 28.6 Å². The largest absolute Gasteiger partial charge is 0.497 e. The Labute approximate surface area is 213 Å².